The summed E-state index contributed by atoms with van der Waals surface area (Å²) in [6.07, 6.45) is 4.72. The molecule has 0 aromatic rings. The van der Waals surface area contributed by atoms with Crippen LogP contribution in [0.4, 0.5) is 0 Å². The number of carbonyl (C=O) groups excluding carboxylic acids is 2. The summed E-state index contributed by atoms with van der Waals surface area (Å²) in [5.41, 5.74) is -0.754. The van der Waals surface area contributed by atoms with Gasteiger partial charge in [-0.05, 0) is 55.5 Å². The van der Waals surface area contributed by atoms with E-state index in [4.69, 9.17) is 11.6 Å². The first-order valence-corrected chi connectivity index (χ1v) is 5.74. The Morgan fingerprint density at radius 3 is 2.29 bits per heavy atom. The molecule has 14 heavy (non-hydrogen) atoms. The molecule has 4 rings (SSSR count). The van der Waals surface area contributed by atoms with Gasteiger partial charge in [0.15, 0.2) is 5.78 Å². The van der Waals surface area contributed by atoms with Crippen LogP contribution in [-0.2, 0) is 9.59 Å². The lowest BCUT2D eigenvalue weighted by atomic mass is 9.49. The van der Waals surface area contributed by atoms with E-state index < -0.39 is 5.41 Å². The summed E-state index contributed by atoms with van der Waals surface area (Å²) < 4.78 is 0. The van der Waals surface area contributed by atoms with E-state index in [1.165, 1.54) is 6.42 Å². The second-order valence-electron chi connectivity index (χ2n) is 5.26. The Balaban J connectivity index is 2.05. The SMILES string of the molecule is O=C(Cl)C12CC3CC(CC(C3)C1=O)C2. The lowest BCUT2D eigenvalue weighted by molar-refractivity contribution is -0.157. The van der Waals surface area contributed by atoms with Crippen LogP contribution in [0.3, 0.4) is 0 Å². The van der Waals surface area contributed by atoms with Crippen molar-refractivity contribution in [2.75, 3.05) is 0 Å². The number of ketones is 1. The maximum atomic E-state index is 12.0. The van der Waals surface area contributed by atoms with Crippen LogP contribution < -0.4 is 0 Å². The monoisotopic (exact) mass is 212 g/mol. The molecule has 0 amide bonds. The highest BCUT2D eigenvalue weighted by Crippen LogP contribution is 2.58. The fourth-order valence-electron chi connectivity index (χ4n) is 4.03. The average Bonchev–Trinajstić information content (AvgIpc) is 2.12. The quantitative estimate of drug-likeness (QED) is 0.493. The molecule has 2 atom stereocenters. The lowest BCUT2D eigenvalue weighted by Crippen LogP contribution is -2.55. The molecule has 0 saturated heterocycles. The third-order valence-electron chi connectivity index (χ3n) is 4.40. The first-order valence-electron chi connectivity index (χ1n) is 5.36. The van der Waals surface area contributed by atoms with Crippen LogP contribution in [0.2, 0.25) is 0 Å². The van der Waals surface area contributed by atoms with Gasteiger partial charge in [0.05, 0.1) is 0 Å². The summed E-state index contributed by atoms with van der Waals surface area (Å²) in [4.78, 5) is 23.5. The van der Waals surface area contributed by atoms with E-state index in [2.05, 4.69) is 0 Å². The van der Waals surface area contributed by atoms with E-state index in [0.717, 1.165) is 25.7 Å². The van der Waals surface area contributed by atoms with Gasteiger partial charge in [-0.25, -0.2) is 0 Å². The summed E-state index contributed by atoms with van der Waals surface area (Å²) in [6, 6.07) is 0. The molecule has 76 valence electrons. The van der Waals surface area contributed by atoms with Gasteiger partial charge < -0.3 is 0 Å². The Kier molecular flexibility index (Phi) is 1.65. The standard InChI is InChI=1S/C11H13ClO2/c12-10(14)11-4-6-1-7(5-11)3-8(2-6)9(11)13/h6-8H,1-5H2. The Hall–Kier alpha value is -0.370. The Morgan fingerprint density at radius 2 is 1.79 bits per heavy atom. The van der Waals surface area contributed by atoms with Crippen molar-refractivity contribution in [1.29, 1.82) is 0 Å². The van der Waals surface area contributed by atoms with Crippen LogP contribution in [0, 0.1) is 23.2 Å². The van der Waals surface area contributed by atoms with E-state index in [-0.39, 0.29) is 16.9 Å². The highest BCUT2D eigenvalue weighted by atomic mass is 35.5. The minimum atomic E-state index is -0.754. The van der Waals surface area contributed by atoms with Crippen molar-refractivity contribution in [1.82, 2.24) is 0 Å². The van der Waals surface area contributed by atoms with Crippen LogP contribution in [0.15, 0.2) is 0 Å². The molecule has 4 bridgehead atoms. The van der Waals surface area contributed by atoms with E-state index in [1.807, 2.05) is 0 Å². The minimum Gasteiger partial charge on any atom is -0.298 e. The Labute approximate surface area is 88.0 Å². The van der Waals surface area contributed by atoms with Gasteiger partial charge in [-0.1, -0.05) is 0 Å². The van der Waals surface area contributed by atoms with Crippen molar-refractivity contribution in [3.8, 4) is 0 Å². The van der Waals surface area contributed by atoms with Gasteiger partial charge >= 0.3 is 0 Å². The van der Waals surface area contributed by atoms with Crippen molar-refractivity contribution >= 4 is 22.6 Å². The van der Waals surface area contributed by atoms with E-state index in [0.29, 0.717) is 11.8 Å². The van der Waals surface area contributed by atoms with Crippen LogP contribution in [-0.4, -0.2) is 11.0 Å². The third kappa shape index (κ3) is 0.928. The van der Waals surface area contributed by atoms with Gasteiger partial charge in [0.1, 0.15) is 5.41 Å². The summed E-state index contributed by atoms with van der Waals surface area (Å²) in [7, 11) is 0. The molecule has 3 heteroatoms. The van der Waals surface area contributed by atoms with Gasteiger partial charge in [0.2, 0.25) is 5.24 Å². The number of hydrogen-bond acceptors (Lipinski definition) is 2. The molecule has 0 aliphatic heterocycles. The van der Waals surface area contributed by atoms with Gasteiger partial charge in [-0.3, -0.25) is 9.59 Å². The maximum Gasteiger partial charge on any atom is 0.235 e. The summed E-state index contributed by atoms with van der Waals surface area (Å²) in [6.45, 7) is 0. The molecule has 4 aliphatic carbocycles. The molecule has 4 fully saturated rings. The van der Waals surface area contributed by atoms with Crippen molar-refractivity contribution < 1.29 is 9.59 Å². The summed E-state index contributed by atoms with van der Waals surface area (Å²) in [5, 5.41) is -0.387. The molecule has 0 aromatic carbocycles. The van der Waals surface area contributed by atoms with Gasteiger partial charge in [0, 0.05) is 5.92 Å². The Bertz CT molecular complexity index is 309. The molecule has 2 unspecified atom stereocenters. The molecular weight excluding hydrogens is 200 g/mol. The van der Waals surface area contributed by atoms with Crippen molar-refractivity contribution in [3.05, 3.63) is 0 Å². The molecule has 4 aliphatic rings. The fraction of sp³-hybridized carbons (Fsp3) is 0.818. The van der Waals surface area contributed by atoms with Crippen LogP contribution in [0.25, 0.3) is 0 Å². The number of rotatable bonds is 1. The highest BCUT2D eigenvalue weighted by Gasteiger charge is 2.59. The first-order chi connectivity index (χ1) is 6.62. The molecule has 0 heterocycles. The molecule has 0 spiro atoms. The van der Waals surface area contributed by atoms with Gasteiger partial charge in [-0.15, -0.1) is 0 Å². The molecule has 0 radical (unpaired) electrons. The molecule has 2 nitrogen and oxygen atoms in total. The molecule has 0 aromatic heterocycles. The highest BCUT2D eigenvalue weighted by molar-refractivity contribution is 6.66. The zero-order valence-electron chi connectivity index (χ0n) is 7.96. The predicted molar refractivity (Wildman–Crippen MR) is 51.9 cm³/mol. The largest absolute Gasteiger partial charge is 0.298 e. The fourth-order valence-corrected chi connectivity index (χ4v) is 4.28. The number of halogens is 1. The molecule has 4 saturated carbocycles. The number of Topliss-reactive ketones (excluding diaryl/α,β-unsaturated/α-hetero) is 1. The van der Waals surface area contributed by atoms with Crippen molar-refractivity contribution in [3.63, 3.8) is 0 Å². The summed E-state index contributed by atoms with van der Waals surface area (Å²) >= 11 is 5.63. The molecule has 0 N–H and O–H groups in total. The zero-order valence-corrected chi connectivity index (χ0v) is 8.72. The maximum absolute atomic E-state index is 12.0. The Morgan fingerprint density at radius 1 is 1.21 bits per heavy atom. The summed E-state index contributed by atoms with van der Waals surface area (Å²) in [5.74, 6) is 1.49. The molecular formula is C11H13ClO2. The van der Waals surface area contributed by atoms with E-state index >= 15 is 0 Å². The smallest absolute Gasteiger partial charge is 0.235 e. The van der Waals surface area contributed by atoms with Crippen LogP contribution in [0.5, 0.6) is 0 Å². The lowest BCUT2D eigenvalue weighted by Gasteiger charge is -2.53. The number of carbonyl (C=O) groups is 2. The second-order valence-corrected chi connectivity index (χ2v) is 5.61. The van der Waals surface area contributed by atoms with Crippen LogP contribution in [0.1, 0.15) is 32.1 Å². The van der Waals surface area contributed by atoms with Crippen molar-refractivity contribution in [2.45, 2.75) is 32.1 Å². The first kappa shape index (κ1) is 8.90. The third-order valence-corrected chi connectivity index (χ3v) is 4.76. The van der Waals surface area contributed by atoms with Gasteiger partial charge in [-0.2, -0.15) is 0 Å². The van der Waals surface area contributed by atoms with Gasteiger partial charge in [0.25, 0.3) is 0 Å². The van der Waals surface area contributed by atoms with Crippen molar-refractivity contribution in [2.24, 2.45) is 23.2 Å². The number of hydrogen-bond donors (Lipinski definition) is 0. The topological polar surface area (TPSA) is 34.1 Å². The average molecular weight is 213 g/mol. The van der Waals surface area contributed by atoms with E-state index in [9.17, 15) is 9.59 Å². The second kappa shape index (κ2) is 2.60. The zero-order chi connectivity index (χ0) is 9.92. The minimum absolute atomic E-state index is 0.156. The van der Waals surface area contributed by atoms with Crippen LogP contribution >= 0.6 is 11.6 Å². The normalized spacial score (nSPS) is 49.8. The van der Waals surface area contributed by atoms with E-state index in [1.54, 1.807) is 0 Å². The predicted octanol–water partition coefficient (Wildman–Crippen LogP) is 2.15.